The van der Waals surface area contributed by atoms with Crippen molar-refractivity contribution in [3.8, 4) is 5.69 Å². The number of hydrogen-bond acceptors (Lipinski definition) is 3. The van der Waals surface area contributed by atoms with E-state index in [0.29, 0.717) is 11.4 Å². The van der Waals surface area contributed by atoms with Crippen LogP contribution in [0.15, 0.2) is 169 Å². The maximum Gasteiger partial charge on any atom is 0.0862 e. The van der Waals surface area contributed by atoms with Gasteiger partial charge >= 0.3 is 0 Å². The Morgan fingerprint density at radius 1 is 0.540 bits per heavy atom. The van der Waals surface area contributed by atoms with Crippen molar-refractivity contribution in [3.63, 3.8) is 0 Å². The van der Waals surface area contributed by atoms with Crippen LogP contribution < -0.4 is 11.5 Å². The highest BCUT2D eigenvalue weighted by atomic mass is 15.0. The average molecular weight is 648 g/mol. The fourth-order valence-corrected chi connectivity index (χ4v) is 7.38. The van der Waals surface area contributed by atoms with E-state index in [2.05, 4.69) is 131 Å². The van der Waals surface area contributed by atoms with Crippen molar-refractivity contribution in [1.29, 1.82) is 5.41 Å². The maximum atomic E-state index is 7.85. The SMILES string of the molecule is C/C=C\C(N)=C(/N)C(=N)c1ccccc1.Cn1c2ccccc2c2c3ccc4ccc5c(c6ccccc6n5-c5ccccc5)c4c3ccc21. The van der Waals surface area contributed by atoms with Crippen LogP contribution in [0.4, 0.5) is 0 Å². The lowest BCUT2D eigenvalue weighted by atomic mass is 9.95. The van der Waals surface area contributed by atoms with Crippen molar-refractivity contribution in [2.75, 3.05) is 0 Å². The summed E-state index contributed by atoms with van der Waals surface area (Å²) in [6.45, 7) is 1.85. The third-order valence-electron chi connectivity index (χ3n) is 9.69. The molecule has 0 spiro atoms. The summed E-state index contributed by atoms with van der Waals surface area (Å²) in [6, 6.07) is 51.3. The lowest BCUT2D eigenvalue weighted by molar-refractivity contribution is 1.01. The van der Waals surface area contributed by atoms with Gasteiger partial charge in [0.05, 0.1) is 28.1 Å². The summed E-state index contributed by atoms with van der Waals surface area (Å²) >= 11 is 0. The topological polar surface area (TPSA) is 85.8 Å². The zero-order valence-electron chi connectivity index (χ0n) is 28.1. The number of allylic oxidation sites excluding steroid dienone is 3. The van der Waals surface area contributed by atoms with Crippen molar-refractivity contribution in [2.24, 2.45) is 18.5 Å². The molecular formula is C45H37N5. The van der Waals surface area contributed by atoms with Gasteiger partial charge in [-0.25, -0.2) is 0 Å². The Morgan fingerprint density at radius 3 is 1.82 bits per heavy atom. The predicted molar refractivity (Wildman–Crippen MR) is 213 cm³/mol. The number of aromatic nitrogens is 2. The molecule has 0 bridgehead atoms. The van der Waals surface area contributed by atoms with Gasteiger partial charge in [-0.2, -0.15) is 0 Å². The Morgan fingerprint density at radius 2 is 1.10 bits per heavy atom. The van der Waals surface area contributed by atoms with Crippen molar-refractivity contribution in [3.05, 3.63) is 175 Å². The summed E-state index contributed by atoms with van der Waals surface area (Å²) in [4.78, 5) is 0. The molecule has 5 N–H and O–H groups in total. The largest absolute Gasteiger partial charge is 0.397 e. The summed E-state index contributed by atoms with van der Waals surface area (Å²) in [5.41, 5.74) is 19.4. The fraction of sp³-hybridized carbons (Fsp3) is 0.0444. The van der Waals surface area contributed by atoms with Crippen LogP contribution in [-0.4, -0.2) is 14.8 Å². The maximum absolute atomic E-state index is 7.85. The van der Waals surface area contributed by atoms with E-state index in [1.54, 1.807) is 12.2 Å². The van der Waals surface area contributed by atoms with Gasteiger partial charge in [0.1, 0.15) is 0 Å². The third-order valence-corrected chi connectivity index (χ3v) is 9.69. The highest BCUT2D eigenvalue weighted by Gasteiger charge is 2.18. The number of nitrogens with one attached hydrogen (secondary N) is 1. The number of benzene rings is 7. The average Bonchev–Trinajstić information content (AvgIpc) is 3.67. The monoisotopic (exact) mass is 647 g/mol. The van der Waals surface area contributed by atoms with Crippen LogP contribution in [0.1, 0.15) is 12.5 Å². The van der Waals surface area contributed by atoms with E-state index in [1.165, 1.54) is 70.8 Å². The molecule has 242 valence electrons. The Kier molecular flexibility index (Phi) is 7.65. The lowest BCUT2D eigenvalue weighted by Gasteiger charge is -2.10. The number of nitrogens with zero attached hydrogens (tertiary/aromatic N) is 2. The minimum absolute atomic E-state index is 0.256. The third kappa shape index (κ3) is 4.91. The summed E-state index contributed by atoms with van der Waals surface area (Å²) in [6.07, 6.45) is 3.48. The van der Waals surface area contributed by atoms with E-state index in [-0.39, 0.29) is 5.71 Å². The first-order chi connectivity index (χ1) is 24.5. The molecule has 5 heteroatoms. The van der Waals surface area contributed by atoms with Crippen molar-refractivity contribution in [1.82, 2.24) is 9.13 Å². The molecule has 0 atom stereocenters. The van der Waals surface area contributed by atoms with Gasteiger partial charge in [0, 0.05) is 50.9 Å². The van der Waals surface area contributed by atoms with Gasteiger partial charge in [-0.3, -0.25) is 5.41 Å². The van der Waals surface area contributed by atoms with E-state index >= 15 is 0 Å². The Bertz CT molecular complexity index is 2800. The van der Waals surface area contributed by atoms with Crippen LogP contribution in [0.3, 0.4) is 0 Å². The normalized spacial score (nSPS) is 12.3. The molecule has 2 heterocycles. The van der Waals surface area contributed by atoms with Gasteiger partial charge in [-0.05, 0) is 70.9 Å². The highest BCUT2D eigenvalue weighted by Crippen LogP contribution is 2.42. The molecule has 0 aliphatic carbocycles. The van der Waals surface area contributed by atoms with Gasteiger partial charge in [-0.1, -0.05) is 115 Å². The predicted octanol–water partition coefficient (Wildman–Crippen LogP) is 10.5. The first-order valence-corrected chi connectivity index (χ1v) is 16.8. The Labute approximate surface area is 290 Å². The van der Waals surface area contributed by atoms with Crippen LogP contribution >= 0.6 is 0 Å². The molecular weight excluding hydrogens is 611 g/mol. The van der Waals surface area contributed by atoms with E-state index in [1.807, 2.05) is 37.3 Å². The lowest BCUT2D eigenvalue weighted by Crippen LogP contribution is -2.17. The van der Waals surface area contributed by atoms with Crippen molar-refractivity contribution >= 4 is 70.9 Å². The van der Waals surface area contributed by atoms with Crippen LogP contribution in [0.2, 0.25) is 0 Å². The molecule has 0 unspecified atom stereocenters. The van der Waals surface area contributed by atoms with E-state index in [0.717, 1.165) is 5.56 Å². The zero-order valence-corrected chi connectivity index (χ0v) is 28.1. The van der Waals surface area contributed by atoms with Crippen LogP contribution in [0.25, 0.3) is 70.8 Å². The molecule has 50 heavy (non-hydrogen) atoms. The van der Waals surface area contributed by atoms with E-state index < -0.39 is 0 Å². The molecule has 2 aromatic heterocycles. The van der Waals surface area contributed by atoms with Crippen LogP contribution in [0, 0.1) is 5.41 Å². The Balaban J connectivity index is 0.000000204. The molecule has 0 fully saturated rings. The highest BCUT2D eigenvalue weighted by molar-refractivity contribution is 6.32. The smallest absolute Gasteiger partial charge is 0.0862 e. The molecule has 7 aromatic carbocycles. The number of para-hydroxylation sites is 3. The van der Waals surface area contributed by atoms with Gasteiger partial charge in [0.15, 0.2) is 0 Å². The molecule has 5 nitrogen and oxygen atoms in total. The molecule has 0 saturated carbocycles. The Hall–Kier alpha value is -6.59. The summed E-state index contributed by atoms with van der Waals surface area (Å²) in [5, 5.41) is 18.4. The van der Waals surface area contributed by atoms with Crippen LogP contribution in [-0.2, 0) is 7.05 Å². The second-order valence-corrected chi connectivity index (χ2v) is 12.6. The number of rotatable bonds is 4. The molecule has 9 rings (SSSR count). The van der Waals surface area contributed by atoms with Gasteiger partial charge in [0.25, 0.3) is 0 Å². The molecule has 0 amide bonds. The van der Waals surface area contributed by atoms with E-state index in [9.17, 15) is 0 Å². The quantitative estimate of drug-likeness (QED) is 0.101. The number of hydrogen-bond donors (Lipinski definition) is 3. The standard InChI is InChI=1S/C33H22N2.C12H15N3/c1-34-27-13-7-5-11-25(27)32-24-17-15-21-16-19-30-33(31(21)23(24)18-20-29(32)34)26-12-6-8-14-28(26)35(30)22-9-3-2-4-10-22;1-2-6-10(13)12(15)11(14)9-7-4-3-5-8-9/h2-20H,1H3;2-8,14H,13,15H2,1H3/b;6-2-,12-10+,14-11?. The minimum Gasteiger partial charge on any atom is -0.397 e. The van der Waals surface area contributed by atoms with Crippen molar-refractivity contribution in [2.45, 2.75) is 6.92 Å². The van der Waals surface area contributed by atoms with E-state index in [4.69, 9.17) is 16.9 Å². The number of nitrogens with two attached hydrogens (primary N) is 2. The number of fused-ring (bicyclic) bond motifs is 11. The zero-order chi connectivity index (χ0) is 34.4. The fourth-order valence-electron chi connectivity index (χ4n) is 7.38. The second kappa shape index (κ2) is 12.5. The molecule has 0 radical (unpaired) electrons. The van der Waals surface area contributed by atoms with Gasteiger partial charge in [0.2, 0.25) is 0 Å². The second-order valence-electron chi connectivity index (χ2n) is 12.6. The molecule has 0 aliphatic rings. The first kappa shape index (κ1) is 30.7. The van der Waals surface area contributed by atoms with Crippen LogP contribution in [0.5, 0.6) is 0 Å². The summed E-state index contributed by atoms with van der Waals surface area (Å²) in [7, 11) is 2.17. The minimum atomic E-state index is 0.256. The van der Waals surface area contributed by atoms with Gasteiger partial charge in [-0.15, -0.1) is 0 Å². The molecule has 0 saturated heterocycles. The summed E-state index contributed by atoms with van der Waals surface area (Å²) < 4.78 is 4.72. The molecule has 9 aromatic rings. The summed E-state index contributed by atoms with van der Waals surface area (Å²) in [5.74, 6) is 0. The number of aryl methyl sites for hydroxylation is 1. The van der Waals surface area contributed by atoms with Gasteiger partial charge < -0.3 is 20.6 Å². The molecule has 0 aliphatic heterocycles. The first-order valence-electron chi connectivity index (χ1n) is 16.8. The van der Waals surface area contributed by atoms with Crippen molar-refractivity contribution < 1.29 is 0 Å².